The average Bonchev–Trinajstić information content (AvgIpc) is 1.82. The van der Waals surface area contributed by atoms with Crippen molar-refractivity contribution in [3.8, 4) is 0 Å². The van der Waals surface area contributed by atoms with Gasteiger partial charge in [-0.3, -0.25) is 9.59 Å². The molecule has 0 saturated heterocycles. The fraction of sp³-hybridized carbons (Fsp3) is 0.667. The summed E-state index contributed by atoms with van der Waals surface area (Å²) in [6.07, 6.45) is 0.131. The molecule has 0 radical (unpaired) electrons. The number of halogens is 1. The van der Waals surface area contributed by atoms with Crippen LogP contribution in [0.25, 0.3) is 0 Å². The fourth-order valence-electron chi connectivity index (χ4n) is 0.453. The second kappa shape index (κ2) is 4.90. The van der Waals surface area contributed by atoms with Crippen molar-refractivity contribution < 1.29 is 14.0 Å². The van der Waals surface area contributed by atoms with Gasteiger partial charge in [0.25, 0.3) is 0 Å². The highest BCUT2D eigenvalue weighted by Gasteiger charge is 2.05. The number of amides is 1. The molecular weight excluding hydrogens is 137 g/mol. The molecule has 0 saturated carbocycles. The highest BCUT2D eigenvalue weighted by molar-refractivity contribution is 5.93. The van der Waals surface area contributed by atoms with Gasteiger partial charge >= 0.3 is 6.04 Å². The Kier molecular flexibility index (Phi) is 4.45. The van der Waals surface area contributed by atoms with Crippen molar-refractivity contribution in [3.63, 3.8) is 0 Å². The third-order valence-electron chi connectivity index (χ3n) is 0.872. The molecule has 0 atom stereocenters. The van der Waals surface area contributed by atoms with Crippen molar-refractivity contribution in [2.45, 2.75) is 19.8 Å². The van der Waals surface area contributed by atoms with Gasteiger partial charge in [-0.15, -0.1) is 0 Å². The summed E-state index contributed by atoms with van der Waals surface area (Å²) in [5.74, 6) is -0.547. The first-order chi connectivity index (χ1) is 4.66. The lowest BCUT2D eigenvalue weighted by Crippen LogP contribution is -2.25. The summed E-state index contributed by atoms with van der Waals surface area (Å²) in [6, 6.07) is -1.59. The Morgan fingerprint density at radius 2 is 2.10 bits per heavy atom. The molecule has 0 rings (SSSR count). The summed E-state index contributed by atoms with van der Waals surface area (Å²) in [6.45, 7) is 2.36. The SMILES string of the molecule is CCCNC(=O)CC(=O)F. The first-order valence-corrected chi connectivity index (χ1v) is 3.11. The first kappa shape index (κ1) is 9.07. The molecule has 0 aromatic carbocycles. The van der Waals surface area contributed by atoms with Gasteiger partial charge in [0.1, 0.15) is 6.42 Å². The molecule has 58 valence electrons. The van der Waals surface area contributed by atoms with Crippen molar-refractivity contribution in [1.82, 2.24) is 5.32 Å². The molecule has 0 heterocycles. The van der Waals surface area contributed by atoms with Gasteiger partial charge < -0.3 is 5.32 Å². The molecule has 0 fully saturated rings. The zero-order valence-electron chi connectivity index (χ0n) is 5.82. The van der Waals surface area contributed by atoms with Crippen LogP contribution in [0.4, 0.5) is 4.39 Å². The van der Waals surface area contributed by atoms with Gasteiger partial charge in [-0.2, -0.15) is 4.39 Å². The maximum Gasteiger partial charge on any atom is 0.310 e. The lowest BCUT2D eigenvalue weighted by Gasteiger charge is -1.97. The Labute approximate surface area is 58.6 Å². The molecule has 3 nitrogen and oxygen atoms in total. The molecule has 0 aliphatic carbocycles. The molecule has 0 spiro atoms. The Hall–Kier alpha value is -0.930. The van der Waals surface area contributed by atoms with E-state index in [0.29, 0.717) is 6.54 Å². The fourth-order valence-corrected chi connectivity index (χ4v) is 0.453. The van der Waals surface area contributed by atoms with Crippen LogP contribution in [0.15, 0.2) is 0 Å². The Morgan fingerprint density at radius 3 is 2.50 bits per heavy atom. The van der Waals surface area contributed by atoms with E-state index in [1.807, 2.05) is 6.92 Å². The van der Waals surface area contributed by atoms with Crippen LogP contribution in [-0.4, -0.2) is 18.5 Å². The highest BCUT2D eigenvalue weighted by atomic mass is 19.1. The smallest absolute Gasteiger partial charge is 0.310 e. The number of nitrogens with one attached hydrogen (secondary N) is 1. The van der Waals surface area contributed by atoms with Crippen LogP contribution < -0.4 is 5.32 Å². The highest BCUT2D eigenvalue weighted by Crippen LogP contribution is 1.83. The van der Waals surface area contributed by atoms with E-state index < -0.39 is 18.4 Å². The maximum absolute atomic E-state index is 11.5. The van der Waals surface area contributed by atoms with Crippen molar-refractivity contribution in [2.75, 3.05) is 6.54 Å². The molecule has 0 aliphatic rings. The van der Waals surface area contributed by atoms with Gasteiger partial charge in [-0.05, 0) is 6.42 Å². The monoisotopic (exact) mass is 147 g/mol. The van der Waals surface area contributed by atoms with Crippen molar-refractivity contribution in [3.05, 3.63) is 0 Å². The van der Waals surface area contributed by atoms with E-state index >= 15 is 0 Å². The summed E-state index contributed by atoms with van der Waals surface area (Å²) in [7, 11) is 0. The van der Waals surface area contributed by atoms with Gasteiger partial charge in [-0.25, -0.2) is 0 Å². The number of hydrogen-bond acceptors (Lipinski definition) is 2. The minimum absolute atomic E-state index is 0.492. The van der Waals surface area contributed by atoms with Crippen molar-refractivity contribution >= 4 is 11.9 Å². The van der Waals surface area contributed by atoms with Crippen molar-refractivity contribution in [1.29, 1.82) is 0 Å². The minimum Gasteiger partial charge on any atom is -0.356 e. The van der Waals surface area contributed by atoms with Crippen LogP contribution in [0.5, 0.6) is 0 Å². The van der Waals surface area contributed by atoms with E-state index in [1.165, 1.54) is 0 Å². The number of rotatable bonds is 4. The van der Waals surface area contributed by atoms with E-state index in [0.717, 1.165) is 6.42 Å². The summed E-state index contributed by atoms with van der Waals surface area (Å²) < 4.78 is 11.5. The second-order valence-electron chi connectivity index (χ2n) is 1.88. The van der Waals surface area contributed by atoms with Crippen molar-refractivity contribution in [2.24, 2.45) is 0 Å². The molecule has 0 aliphatic heterocycles. The second-order valence-corrected chi connectivity index (χ2v) is 1.88. The van der Waals surface area contributed by atoms with Gasteiger partial charge in [0.05, 0.1) is 0 Å². The van der Waals surface area contributed by atoms with E-state index in [4.69, 9.17) is 0 Å². The van der Waals surface area contributed by atoms with Crippen LogP contribution in [-0.2, 0) is 9.59 Å². The quantitative estimate of drug-likeness (QED) is 0.462. The lowest BCUT2D eigenvalue weighted by molar-refractivity contribution is -0.134. The van der Waals surface area contributed by atoms with E-state index in [2.05, 4.69) is 5.32 Å². The van der Waals surface area contributed by atoms with Crippen LogP contribution in [0, 0.1) is 0 Å². The standard InChI is InChI=1S/C6H10FNO2/c1-2-3-8-6(10)4-5(7)9/h2-4H2,1H3,(H,8,10). The Morgan fingerprint density at radius 1 is 1.50 bits per heavy atom. The predicted molar refractivity (Wildman–Crippen MR) is 34.0 cm³/mol. The minimum atomic E-state index is -1.59. The molecule has 10 heavy (non-hydrogen) atoms. The average molecular weight is 147 g/mol. The van der Waals surface area contributed by atoms with Crippen LogP contribution in [0.1, 0.15) is 19.8 Å². The van der Waals surface area contributed by atoms with Crippen LogP contribution >= 0.6 is 0 Å². The van der Waals surface area contributed by atoms with Gasteiger partial charge in [-0.1, -0.05) is 6.92 Å². The van der Waals surface area contributed by atoms with Crippen LogP contribution in [0.3, 0.4) is 0 Å². The molecule has 0 aromatic heterocycles. The molecule has 4 heteroatoms. The largest absolute Gasteiger partial charge is 0.356 e. The molecule has 0 unspecified atom stereocenters. The van der Waals surface area contributed by atoms with E-state index in [-0.39, 0.29) is 0 Å². The Balaban J connectivity index is 3.35. The van der Waals surface area contributed by atoms with E-state index in [9.17, 15) is 14.0 Å². The molecular formula is C6H10FNO2. The number of carbonyl (C=O) groups is 2. The molecule has 0 bridgehead atoms. The third kappa shape index (κ3) is 5.21. The molecule has 1 N–H and O–H groups in total. The predicted octanol–water partition coefficient (Wildman–Crippen LogP) is 0.399. The summed E-state index contributed by atoms with van der Waals surface area (Å²) >= 11 is 0. The zero-order chi connectivity index (χ0) is 7.98. The van der Waals surface area contributed by atoms with Gasteiger partial charge in [0, 0.05) is 6.54 Å². The zero-order valence-corrected chi connectivity index (χ0v) is 5.82. The summed E-state index contributed by atoms with van der Waals surface area (Å²) in [5, 5.41) is 2.36. The summed E-state index contributed by atoms with van der Waals surface area (Å²) in [4.78, 5) is 20.1. The lowest BCUT2D eigenvalue weighted by atomic mass is 10.4. The van der Waals surface area contributed by atoms with E-state index in [1.54, 1.807) is 0 Å². The van der Waals surface area contributed by atoms with Gasteiger partial charge in [0.15, 0.2) is 0 Å². The van der Waals surface area contributed by atoms with Gasteiger partial charge in [0.2, 0.25) is 5.91 Å². The van der Waals surface area contributed by atoms with Crippen LogP contribution in [0.2, 0.25) is 0 Å². The normalized spacial score (nSPS) is 9.00. The molecule has 1 amide bonds. The number of hydrogen-bond donors (Lipinski definition) is 1. The summed E-state index contributed by atoms with van der Waals surface area (Å²) in [5.41, 5.74) is 0. The number of carbonyl (C=O) groups excluding carboxylic acids is 2. The first-order valence-electron chi connectivity index (χ1n) is 3.11. The topological polar surface area (TPSA) is 46.2 Å². The Bertz CT molecular complexity index is 136. The molecule has 0 aromatic rings. The third-order valence-corrected chi connectivity index (χ3v) is 0.872. The maximum atomic E-state index is 11.5.